The largest absolute Gasteiger partial charge is 0.481 e. The molecule has 1 aliphatic carbocycles. The number of ether oxygens (including phenoxy) is 1. The van der Waals surface area contributed by atoms with Gasteiger partial charge in [0.25, 0.3) is 0 Å². The van der Waals surface area contributed by atoms with Crippen molar-refractivity contribution in [1.29, 1.82) is 0 Å². The van der Waals surface area contributed by atoms with Crippen LogP contribution in [0, 0.1) is 0 Å². The molecule has 0 saturated carbocycles. The van der Waals surface area contributed by atoms with E-state index in [0.717, 1.165) is 83.0 Å². The smallest absolute Gasteiger partial charge is 0.311 e. The number of rotatable bonds is 62. The van der Waals surface area contributed by atoms with Crippen LogP contribution in [-0.4, -0.2) is 56.8 Å². The highest BCUT2D eigenvalue weighted by Crippen LogP contribution is 2.33. The molecule has 0 spiro atoms. The van der Waals surface area contributed by atoms with Crippen molar-refractivity contribution >= 4 is 73.8 Å². The monoisotopic (exact) mass is 1380 g/mol. The van der Waals surface area contributed by atoms with Crippen LogP contribution < -0.4 is 4.74 Å². The van der Waals surface area contributed by atoms with Crippen molar-refractivity contribution in [3.05, 3.63) is 51.7 Å². The van der Waals surface area contributed by atoms with Gasteiger partial charge in [0.05, 0.1) is 0 Å². The molecular formula is C81H142Cl3NO7S. The van der Waals surface area contributed by atoms with Crippen LogP contribution in [0.25, 0.3) is 0 Å². The third-order valence-corrected chi connectivity index (χ3v) is 20.1. The average molecular weight is 1380 g/mol. The van der Waals surface area contributed by atoms with Gasteiger partial charge in [0.1, 0.15) is 5.75 Å². The summed E-state index contributed by atoms with van der Waals surface area (Å²) in [5.74, 6) is 0.106. The first kappa shape index (κ1) is 90.7. The molecule has 0 radical (unpaired) electrons. The number of esters is 1. The number of aliphatic carboxylic acids is 1. The van der Waals surface area contributed by atoms with Crippen LogP contribution in [0.2, 0.25) is 0 Å². The summed E-state index contributed by atoms with van der Waals surface area (Å²) in [6, 6.07) is 11.3. The Balaban J connectivity index is 0.00000143. The molecule has 0 amide bonds. The molecule has 8 nitrogen and oxygen atoms in total. The molecule has 2 aromatic rings. The summed E-state index contributed by atoms with van der Waals surface area (Å²) in [6.45, 7) is 11.4. The second-order valence-electron chi connectivity index (χ2n) is 27.1. The maximum atomic E-state index is 12.7. The van der Waals surface area contributed by atoms with Crippen LogP contribution in [0.4, 0.5) is 0 Å². The number of benzene rings is 1. The maximum absolute atomic E-state index is 12.7. The van der Waals surface area contributed by atoms with E-state index in [2.05, 4.69) is 85.4 Å². The summed E-state index contributed by atoms with van der Waals surface area (Å²) < 4.78 is 5.93. The van der Waals surface area contributed by atoms with Crippen molar-refractivity contribution in [2.45, 2.75) is 413 Å². The number of thiophene rings is 1. The van der Waals surface area contributed by atoms with Crippen molar-refractivity contribution in [3.8, 4) is 5.75 Å². The number of unbranched alkanes of at least 4 members (excludes halogenated alkanes) is 48. The molecule has 3 rings (SSSR count). The summed E-state index contributed by atoms with van der Waals surface area (Å²) in [4.78, 5) is 56.6. The van der Waals surface area contributed by atoms with E-state index >= 15 is 0 Å². The molecule has 1 heterocycles. The predicted octanol–water partition coefficient (Wildman–Crippen LogP) is 26.9. The van der Waals surface area contributed by atoms with Gasteiger partial charge < -0.3 is 9.84 Å². The first-order valence-electron chi connectivity index (χ1n) is 39.3. The molecule has 0 aliphatic heterocycles. The van der Waals surface area contributed by atoms with E-state index < -0.39 is 16.5 Å². The molecule has 0 fully saturated rings. The fourth-order valence-electron chi connectivity index (χ4n) is 12.8. The molecule has 1 aromatic carbocycles. The Morgan fingerprint density at radius 2 is 0.774 bits per heavy atom. The molecule has 1 N–H and O–H groups in total. The minimum atomic E-state index is -1.14. The SMILES string of the molecule is CCCCCCCCCCCCCCCCCCCC(=O)Cl.CCCCCCCCCCCCCCCCCCCC(=O)O.CCCCCCCCCCCCCCCCCCCC(=O)Oc1cccc2c1CC[C@H](N(CCC)CCc1cccs1)C2.O=C(Cl)C(=O)Cl. The van der Waals surface area contributed by atoms with E-state index in [1.807, 2.05) is 17.4 Å². The highest BCUT2D eigenvalue weighted by Gasteiger charge is 2.26. The summed E-state index contributed by atoms with van der Waals surface area (Å²) in [7, 11) is 0. The summed E-state index contributed by atoms with van der Waals surface area (Å²) >= 11 is 16.2. The third kappa shape index (κ3) is 62.9. The Bertz CT molecular complexity index is 1920. The second-order valence-corrected chi connectivity index (χ2v) is 29.3. The fourth-order valence-corrected chi connectivity index (χ4v) is 13.6. The summed E-state index contributed by atoms with van der Waals surface area (Å²) in [5, 5.41) is 8.26. The Labute approximate surface area is 591 Å². The van der Waals surface area contributed by atoms with Gasteiger partial charge in [0.2, 0.25) is 5.24 Å². The van der Waals surface area contributed by atoms with Crippen molar-refractivity contribution in [1.82, 2.24) is 4.90 Å². The lowest BCUT2D eigenvalue weighted by Crippen LogP contribution is -2.41. The maximum Gasteiger partial charge on any atom is 0.311 e. The number of carboxylic acids is 1. The number of halogens is 3. The Morgan fingerprint density at radius 1 is 0.430 bits per heavy atom. The van der Waals surface area contributed by atoms with Crippen LogP contribution >= 0.6 is 46.1 Å². The third-order valence-electron chi connectivity index (χ3n) is 18.5. The average Bonchev–Trinajstić information content (AvgIpc) is 1.32. The predicted molar refractivity (Wildman–Crippen MR) is 404 cm³/mol. The van der Waals surface area contributed by atoms with E-state index in [4.69, 9.17) is 21.4 Å². The highest BCUT2D eigenvalue weighted by atomic mass is 35.5. The molecular weight excluding hydrogens is 1240 g/mol. The zero-order valence-corrected chi connectivity index (χ0v) is 63.6. The standard InChI is InChI=1S/C39H63NO2S.C20H39ClO.C20H40O2.C2Cl2O2/c1-3-5-6-7-8-9-10-11-12-13-14-15-16-17-18-19-20-26-39(41)42-38-25-21-23-34-33-35(27-28-37(34)38)40(30-4-2)31-29-36-24-22-32-43-36;2*1-2-3-4-5-6-7-8-9-10-11-12-13-14-15-16-17-18-19-20(21)22;3-1(5)2(4)6/h21-25,32,35H,3-20,26-31,33H2,1-2H3;2-19H2,1H3;2-19H2,1H3,(H,21,22);/t35-;;;/m0.../s1. The van der Waals surface area contributed by atoms with Gasteiger partial charge in [0.15, 0.2) is 0 Å². The van der Waals surface area contributed by atoms with E-state index in [1.54, 1.807) is 0 Å². The molecule has 1 aliphatic rings. The Morgan fingerprint density at radius 3 is 1.09 bits per heavy atom. The quantitative estimate of drug-likeness (QED) is 0.0229. The second kappa shape index (κ2) is 71.0. The first-order valence-corrected chi connectivity index (χ1v) is 41.3. The van der Waals surface area contributed by atoms with Crippen LogP contribution in [0.15, 0.2) is 35.7 Å². The zero-order chi connectivity index (χ0) is 68.1. The van der Waals surface area contributed by atoms with Crippen LogP contribution in [0.3, 0.4) is 0 Å². The van der Waals surface area contributed by atoms with Gasteiger partial charge in [-0.05, 0) is 121 Å². The Hall–Kier alpha value is -2.30. The van der Waals surface area contributed by atoms with Crippen LogP contribution in [-0.2, 0) is 43.2 Å². The number of fused-ring (bicyclic) bond motifs is 1. The molecule has 1 aromatic heterocycles. The van der Waals surface area contributed by atoms with Crippen molar-refractivity contribution in [2.75, 3.05) is 13.1 Å². The lowest BCUT2D eigenvalue weighted by molar-refractivity contribution is -0.137. The Kier molecular flexibility index (Phi) is 69.2. The van der Waals surface area contributed by atoms with Crippen molar-refractivity contribution in [3.63, 3.8) is 0 Å². The molecule has 0 bridgehead atoms. The molecule has 93 heavy (non-hydrogen) atoms. The zero-order valence-electron chi connectivity index (χ0n) is 60.6. The number of hydrogen-bond acceptors (Lipinski definition) is 8. The molecule has 1 atom stereocenters. The molecule has 0 unspecified atom stereocenters. The number of carbonyl (C=O) groups excluding carboxylic acids is 4. The van der Waals surface area contributed by atoms with Gasteiger partial charge in [-0.3, -0.25) is 28.9 Å². The van der Waals surface area contributed by atoms with E-state index in [-0.39, 0.29) is 11.2 Å². The lowest BCUT2D eigenvalue weighted by Gasteiger charge is -2.35. The topological polar surface area (TPSA) is 118 Å². The van der Waals surface area contributed by atoms with Gasteiger partial charge >= 0.3 is 22.4 Å². The van der Waals surface area contributed by atoms with E-state index in [9.17, 15) is 24.0 Å². The van der Waals surface area contributed by atoms with Gasteiger partial charge in [-0.1, -0.05) is 354 Å². The summed E-state index contributed by atoms with van der Waals surface area (Å²) in [5.41, 5.74) is 2.64. The van der Waals surface area contributed by atoms with Gasteiger partial charge in [0, 0.05) is 36.7 Å². The fraction of sp³-hybridized carbons (Fsp3) is 0.815. The summed E-state index contributed by atoms with van der Waals surface area (Å²) in [6.07, 6.45) is 76.0. The normalized spacial score (nSPS) is 12.5. The lowest BCUT2D eigenvalue weighted by atomic mass is 9.86. The van der Waals surface area contributed by atoms with E-state index in [1.165, 1.54) is 311 Å². The number of carboxylic acid groups (broad SMARTS) is 1. The number of nitrogens with zero attached hydrogens (tertiary/aromatic N) is 1. The molecule has 0 saturated heterocycles. The minimum Gasteiger partial charge on any atom is -0.481 e. The first-order chi connectivity index (χ1) is 45.4. The van der Waals surface area contributed by atoms with E-state index in [0.29, 0.717) is 25.3 Å². The number of carbonyl (C=O) groups is 5. The van der Waals surface area contributed by atoms with Crippen molar-refractivity contribution < 1.29 is 33.8 Å². The molecule has 12 heteroatoms. The van der Waals surface area contributed by atoms with Gasteiger partial charge in [-0.25, -0.2) is 0 Å². The van der Waals surface area contributed by atoms with Gasteiger partial charge in [-0.15, -0.1) is 11.3 Å². The van der Waals surface area contributed by atoms with Crippen LogP contribution in [0.1, 0.15) is 403 Å². The minimum absolute atomic E-state index is 0.0555. The highest BCUT2D eigenvalue weighted by molar-refractivity contribution is 7.09. The molecule has 540 valence electrons. The number of hydrogen-bond donors (Lipinski definition) is 1. The van der Waals surface area contributed by atoms with Crippen LogP contribution in [0.5, 0.6) is 5.75 Å². The van der Waals surface area contributed by atoms with Crippen molar-refractivity contribution in [2.24, 2.45) is 0 Å². The van der Waals surface area contributed by atoms with Gasteiger partial charge in [-0.2, -0.15) is 0 Å².